The van der Waals surface area contributed by atoms with Gasteiger partial charge in [0.1, 0.15) is 18.5 Å². The molecule has 1 aliphatic heterocycles. The number of halogens is 3. The van der Waals surface area contributed by atoms with E-state index in [-0.39, 0.29) is 43.3 Å². The summed E-state index contributed by atoms with van der Waals surface area (Å²) in [6.45, 7) is 0.817. The van der Waals surface area contributed by atoms with Crippen LogP contribution in [0.25, 0.3) is 0 Å². The van der Waals surface area contributed by atoms with Gasteiger partial charge in [0.2, 0.25) is 5.91 Å². The van der Waals surface area contributed by atoms with Crippen LogP contribution >= 0.6 is 12.4 Å². The topological polar surface area (TPSA) is 73.6 Å². The molecule has 1 fully saturated rings. The zero-order chi connectivity index (χ0) is 15.2. The van der Waals surface area contributed by atoms with Crippen molar-refractivity contribution in [2.75, 3.05) is 19.7 Å². The first-order chi connectivity index (χ1) is 10.1. The van der Waals surface area contributed by atoms with E-state index in [2.05, 4.69) is 5.32 Å². The predicted molar refractivity (Wildman–Crippen MR) is 79.1 cm³/mol. The van der Waals surface area contributed by atoms with E-state index in [1.807, 2.05) is 0 Å². The van der Waals surface area contributed by atoms with Crippen LogP contribution in [0.2, 0.25) is 0 Å². The molecule has 1 aromatic carbocycles. The molecule has 0 spiro atoms. The molecule has 124 valence electrons. The second kappa shape index (κ2) is 8.87. The average Bonchev–Trinajstić information content (AvgIpc) is 2.96. The lowest BCUT2D eigenvalue weighted by molar-refractivity contribution is -0.131. The van der Waals surface area contributed by atoms with E-state index in [1.165, 1.54) is 6.07 Å². The smallest absolute Gasteiger partial charge is 0.249 e. The molecule has 22 heavy (non-hydrogen) atoms. The third-order valence-electron chi connectivity index (χ3n) is 3.22. The van der Waals surface area contributed by atoms with E-state index >= 15 is 0 Å². The molecule has 0 aliphatic carbocycles. The van der Waals surface area contributed by atoms with Crippen LogP contribution in [-0.2, 0) is 9.53 Å². The minimum absolute atomic E-state index is 0. The summed E-state index contributed by atoms with van der Waals surface area (Å²) in [5, 5.41) is 2.67. The summed E-state index contributed by atoms with van der Waals surface area (Å²) >= 11 is 0. The van der Waals surface area contributed by atoms with Crippen LogP contribution < -0.4 is 15.8 Å². The molecule has 1 aliphatic rings. The minimum atomic E-state index is -0.969. The summed E-state index contributed by atoms with van der Waals surface area (Å²) < 4.78 is 36.3. The van der Waals surface area contributed by atoms with E-state index in [0.29, 0.717) is 13.0 Å². The van der Waals surface area contributed by atoms with E-state index in [4.69, 9.17) is 15.2 Å². The van der Waals surface area contributed by atoms with Gasteiger partial charge in [-0.15, -0.1) is 12.4 Å². The van der Waals surface area contributed by atoms with Gasteiger partial charge in [-0.3, -0.25) is 4.79 Å². The molecule has 1 amide bonds. The normalized spacial score (nSPS) is 20.3. The van der Waals surface area contributed by atoms with Gasteiger partial charge in [0.05, 0.1) is 12.6 Å². The summed E-state index contributed by atoms with van der Waals surface area (Å²) in [7, 11) is 0. The number of hydrogen-bond acceptors (Lipinski definition) is 4. The Hall–Kier alpha value is -1.44. The largest absolute Gasteiger partial charge is 0.492 e. The molecule has 0 aromatic heterocycles. The number of nitrogens with two attached hydrogens (primary N) is 1. The summed E-state index contributed by atoms with van der Waals surface area (Å²) in [6.07, 6.45) is 0.901. The number of nitrogens with one attached hydrogen (secondary N) is 1. The van der Waals surface area contributed by atoms with Crippen molar-refractivity contribution in [3.8, 4) is 5.75 Å². The zero-order valence-corrected chi connectivity index (χ0v) is 12.7. The van der Waals surface area contributed by atoms with Crippen LogP contribution in [0.5, 0.6) is 5.75 Å². The number of amides is 1. The van der Waals surface area contributed by atoms with Crippen molar-refractivity contribution < 1.29 is 23.0 Å². The molecule has 3 N–H and O–H groups in total. The third-order valence-corrected chi connectivity index (χ3v) is 3.22. The van der Waals surface area contributed by atoms with Crippen molar-refractivity contribution in [1.29, 1.82) is 0 Å². The molecule has 0 bridgehead atoms. The first kappa shape index (κ1) is 18.6. The minimum Gasteiger partial charge on any atom is -0.492 e. The Kier molecular flexibility index (Phi) is 7.50. The molecule has 0 radical (unpaired) electrons. The molecule has 5 nitrogen and oxygen atoms in total. The summed E-state index contributed by atoms with van der Waals surface area (Å²) in [5.41, 5.74) is 5.47. The van der Waals surface area contributed by atoms with Crippen molar-refractivity contribution in [2.24, 2.45) is 5.73 Å². The SMILES string of the molecule is Cl.NC[C@H]1CC[C@@H](C(=O)NCCOc2ccc(F)c(F)c2)O1. The van der Waals surface area contributed by atoms with Gasteiger partial charge < -0.3 is 20.5 Å². The standard InChI is InChI=1S/C14H18F2N2O3.ClH/c15-11-3-1-9(7-12(11)16)20-6-5-18-14(19)13-4-2-10(8-17)21-13;/h1,3,7,10,13H,2,4-6,8,17H2,(H,18,19);1H/t10-,13+;/m1./s1. The lowest BCUT2D eigenvalue weighted by Crippen LogP contribution is -2.37. The second-order valence-corrected chi connectivity index (χ2v) is 4.78. The van der Waals surface area contributed by atoms with Gasteiger partial charge in [0.25, 0.3) is 0 Å². The number of carbonyl (C=O) groups excluding carboxylic acids is 1. The van der Waals surface area contributed by atoms with Gasteiger partial charge in [-0.25, -0.2) is 8.78 Å². The van der Waals surface area contributed by atoms with Crippen LogP contribution in [0, 0.1) is 11.6 Å². The fraction of sp³-hybridized carbons (Fsp3) is 0.500. The van der Waals surface area contributed by atoms with Gasteiger partial charge in [0.15, 0.2) is 11.6 Å². The summed E-state index contributed by atoms with van der Waals surface area (Å²) in [5.74, 6) is -1.89. The zero-order valence-electron chi connectivity index (χ0n) is 11.9. The first-order valence-electron chi connectivity index (χ1n) is 6.81. The highest BCUT2D eigenvalue weighted by Gasteiger charge is 2.29. The van der Waals surface area contributed by atoms with Crippen molar-refractivity contribution >= 4 is 18.3 Å². The molecule has 1 heterocycles. The maximum Gasteiger partial charge on any atom is 0.249 e. The molecular formula is C14H19ClF2N2O3. The van der Waals surface area contributed by atoms with Crippen molar-refractivity contribution in [3.63, 3.8) is 0 Å². The van der Waals surface area contributed by atoms with Gasteiger partial charge in [-0.2, -0.15) is 0 Å². The van der Waals surface area contributed by atoms with Crippen LogP contribution in [0.15, 0.2) is 18.2 Å². The quantitative estimate of drug-likeness (QED) is 0.770. The lowest BCUT2D eigenvalue weighted by Gasteiger charge is -2.13. The van der Waals surface area contributed by atoms with Crippen LogP contribution in [0.4, 0.5) is 8.78 Å². The fourth-order valence-electron chi connectivity index (χ4n) is 2.10. The van der Waals surface area contributed by atoms with Crippen LogP contribution in [0.3, 0.4) is 0 Å². The number of ether oxygens (including phenoxy) is 2. The van der Waals surface area contributed by atoms with E-state index in [0.717, 1.165) is 18.6 Å². The van der Waals surface area contributed by atoms with E-state index in [1.54, 1.807) is 0 Å². The Labute approximate surface area is 133 Å². The summed E-state index contributed by atoms with van der Waals surface area (Å²) in [6, 6.07) is 3.28. The summed E-state index contributed by atoms with van der Waals surface area (Å²) in [4.78, 5) is 11.8. The van der Waals surface area contributed by atoms with E-state index in [9.17, 15) is 13.6 Å². The molecule has 2 rings (SSSR count). The van der Waals surface area contributed by atoms with Crippen LogP contribution in [0.1, 0.15) is 12.8 Å². The van der Waals surface area contributed by atoms with Gasteiger partial charge >= 0.3 is 0 Å². The number of rotatable bonds is 6. The number of carbonyl (C=O) groups is 1. The number of hydrogen-bond donors (Lipinski definition) is 2. The Morgan fingerprint density at radius 3 is 2.77 bits per heavy atom. The van der Waals surface area contributed by atoms with Crippen molar-refractivity contribution in [3.05, 3.63) is 29.8 Å². The molecular weight excluding hydrogens is 318 g/mol. The monoisotopic (exact) mass is 336 g/mol. The molecule has 2 atom stereocenters. The highest BCUT2D eigenvalue weighted by Crippen LogP contribution is 2.18. The van der Waals surface area contributed by atoms with Crippen molar-refractivity contribution in [2.45, 2.75) is 25.0 Å². The van der Waals surface area contributed by atoms with Crippen LogP contribution in [-0.4, -0.2) is 37.8 Å². The van der Waals surface area contributed by atoms with Gasteiger partial charge in [0, 0.05) is 12.6 Å². The maximum atomic E-state index is 12.9. The molecule has 8 heteroatoms. The first-order valence-corrected chi connectivity index (χ1v) is 6.81. The Balaban J connectivity index is 0.00000242. The predicted octanol–water partition coefficient (Wildman–Crippen LogP) is 1.39. The van der Waals surface area contributed by atoms with E-state index < -0.39 is 17.7 Å². The number of benzene rings is 1. The highest BCUT2D eigenvalue weighted by atomic mass is 35.5. The second-order valence-electron chi connectivity index (χ2n) is 4.78. The molecule has 1 saturated heterocycles. The Morgan fingerprint density at radius 2 is 2.14 bits per heavy atom. The Bertz CT molecular complexity index is 505. The molecule has 1 aromatic rings. The fourth-order valence-corrected chi connectivity index (χ4v) is 2.10. The van der Waals surface area contributed by atoms with Gasteiger partial charge in [-0.05, 0) is 25.0 Å². The molecule has 0 unspecified atom stereocenters. The lowest BCUT2D eigenvalue weighted by atomic mass is 10.2. The molecule has 0 saturated carbocycles. The highest BCUT2D eigenvalue weighted by molar-refractivity contribution is 5.85. The Morgan fingerprint density at radius 1 is 1.36 bits per heavy atom. The van der Waals surface area contributed by atoms with Crippen molar-refractivity contribution in [1.82, 2.24) is 5.32 Å². The average molecular weight is 337 g/mol. The van der Waals surface area contributed by atoms with Gasteiger partial charge in [-0.1, -0.05) is 0 Å². The maximum absolute atomic E-state index is 12.9. The third kappa shape index (κ3) is 5.08.